The zero-order valence-electron chi connectivity index (χ0n) is 11.5. The number of allylic oxidation sites excluding steroid dienone is 4. The second kappa shape index (κ2) is 5.57. The maximum absolute atomic E-state index is 3.92. The van der Waals surface area contributed by atoms with Gasteiger partial charge < -0.3 is 4.98 Å². The smallest absolute Gasteiger partial charge is 0.0465 e. The van der Waals surface area contributed by atoms with Gasteiger partial charge >= 0.3 is 0 Å². The Morgan fingerprint density at radius 2 is 2.00 bits per heavy atom. The molecule has 0 unspecified atom stereocenters. The van der Waals surface area contributed by atoms with Gasteiger partial charge in [-0.3, -0.25) is 0 Å². The first kappa shape index (κ1) is 13.2. The molecule has 96 valence electrons. The summed E-state index contributed by atoms with van der Waals surface area (Å²) in [5.41, 5.74) is 5.70. The Labute approximate surface area is 114 Å². The molecular weight excluding hydrogens is 230 g/mol. The third kappa shape index (κ3) is 2.32. The lowest BCUT2D eigenvalue weighted by atomic mass is 10.0. The molecule has 0 spiro atoms. The molecule has 1 heterocycles. The molecule has 19 heavy (non-hydrogen) atoms. The van der Waals surface area contributed by atoms with Gasteiger partial charge in [0.25, 0.3) is 0 Å². The van der Waals surface area contributed by atoms with Gasteiger partial charge in [0.15, 0.2) is 0 Å². The van der Waals surface area contributed by atoms with Crippen LogP contribution < -0.4 is 0 Å². The third-order valence-corrected chi connectivity index (χ3v) is 3.27. The summed E-state index contributed by atoms with van der Waals surface area (Å²) in [5.74, 6) is 0. The molecule has 0 aliphatic carbocycles. The Bertz CT molecular complexity index is 681. The highest BCUT2D eigenvalue weighted by Gasteiger charge is 2.08. The highest BCUT2D eigenvalue weighted by atomic mass is 14.7. The van der Waals surface area contributed by atoms with Crippen molar-refractivity contribution in [3.8, 4) is 0 Å². The number of benzene rings is 1. The van der Waals surface area contributed by atoms with Crippen molar-refractivity contribution in [2.45, 2.75) is 13.8 Å². The van der Waals surface area contributed by atoms with Crippen molar-refractivity contribution in [3.05, 3.63) is 66.4 Å². The van der Waals surface area contributed by atoms with Crippen LogP contribution in [0.2, 0.25) is 0 Å². The van der Waals surface area contributed by atoms with Gasteiger partial charge in [-0.15, -0.1) is 0 Å². The molecule has 0 bridgehead atoms. The Morgan fingerprint density at radius 3 is 2.58 bits per heavy atom. The molecule has 2 aromatic rings. The van der Waals surface area contributed by atoms with Crippen molar-refractivity contribution >= 4 is 28.6 Å². The maximum atomic E-state index is 3.92. The highest BCUT2D eigenvalue weighted by molar-refractivity contribution is 5.95. The molecule has 2 rings (SSSR count). The number of aromatic nitrogens is 1. The number of nitrogens with one attached hydrogen (secondary N) is 1. The highest BCUT2D eigenvalue weighted by Crippen LogP contribution is 2.28. The van der Waals surface area contributed by atoms with Crippen LogP contribution in [-0.4, -0.2) is 4.98 Å². The van der Waals surface area contributed by atoms with Crippen LogP contribution in [0.1, 0.15) is 30.7 Å². The SMILES string of the molecule is C=C/C(=C\C)c1ccc2[nH]c(/C=C\C)c(C=C)c2c1. The van der Waals surface area contributed by atoms with E-state index in [1.54, 1.807) is 0 Å². The summed E-state index contributed by atoms with van der Waals surface area (Å²) in [6.07, 6.45) is 9.96. The Kier molecular flexibility index (Phi) is 3.86. The van der Waals surface area contributed by atoms with Gasteiger partial charge in [0.1, 0.15) is 0 Å². The van der Waals surface area contributed by atoms with E-state index in [-0.39, 0.29) is 0 Å². The van der Waals surface area contributed by atoms with Gasteiger partial charge in [-0.25, -0.2) is 0 Å². The van der Waals surface area contributed by atoms with Crippen molar-refractivity contribution in [3.63, 3.8) is 0 Å². The first-order valence-electron chi connectivity index (χ1n) is 6.45. The Balaban J connectivity index is 2.71. The minimum Gasteiger partial charge on any atom is -0.355 e. The van der Waals surface area contributed by atoms with E-state index < -0.39 is 0 Å². The molecule has 1 N–H and O–H groups in total. The van der Waals surface area contributed by atoms with Gasteiger partial charge in [0, 0.05) is 22.2 Å². The predicted molar refractivity (Wildman–Crippen MR) is 86.9 cm³/mol. The number of hydrogen-bond donors (Lipinski definition) is 1. The average molecular weight is 249 g/mol. The van der Waals surface area contributed by atoms with Gasteiger partial charge in [-0.05, 0) is 43.2 Å². The molecule has 0 aliphatic heterocycles. The van der Waals surface area contributed by atoms with E-state index in [9.17, 15) is 0 Å². The van der Waals surface area contributed by atoms with Crippen molar-refractivity contribution in [1.82, 2.24) is 4.98 Å². The molecule has 0 aliphatic rings. The fourth-order valence-corrected chi connectivity index (χ4v) is 2.33. The number of H-pyrrole nitrogens is 1. The fourth-order valence-electron chi connectivity index (χ4n) is 2.33. The first-order chi connectivity index (χ1) is 9.24. The molecule has 1 aromatic carbocycles. The number of aromatic amines is 1. The van der Waals surface area contributed by atoms with Crippen LogP contribution in [0.25, 0.3) is 28.6 Å². The van der Waals surface area contributed by atoms with E-state index >= 15 is 0 Å². The van der Waals surface area contributed by atoms with E-state index in [0.29, 0.717) is 0 Å². The summed E-state index contributed by atoms with van der Waals surface area (Å²) >= 11 is 0. The summed E-state index contributed by atoms with van der Waals surface area (Å²) in [4.78, 5) is 3.41. The summed E-state index contributed by atoms with van der Waals surface area (Å²) < 4.78 is 0. The van der Waals surface area contributed by atoms with Crippen molar-refractivity contribution in [1.29, 1.82) is 0 Å². The standard InChI is InChI=1S/C18H19N/c1-5-9-17-15(8-4)16-12-14(13(6-2)7-3)10-11-18(16)19-17/h5-12,19H,2,4H2,1,3H3/b9-5-,13-7+. The average Bonchev–Trinajstić information content (AvgIpc) is 2.77. The predicted octanol–water partition coefficient (Wildman–Crippen LogP) is 5.43. The zero-order valence-corrected chi connectivity index (χ0v) is 11.5. The van der Waals surface area contributed by atoms with Crippen molar-refractivity contribution in [2.75, 3.05) is 0 Å². The van der Waals surface area contributed by atoms with Crippen molar-refractivity contribution < 1.29 is 0 Å². The Hall–Kier alpha value is -2.28. The molecule has 0 radical (unpaired) electrons. The van der Waals surface area contributed by atoms with Gasteiger partial charge in [0.2, 0.25) is 0 Å². The quantitative estimate of drug-likeness (QED) is 0.695. The van der Waals surface area contributed by atoms with E-state index in [0.717, 1.165) is 22.3 Å². The molecule has 0 atom stereocenters. The molecule has 1 aromatic heterocycles. The summed E-state index contributed by atoms with van der Waals surface area (Å²) in [5, 5.41) is 1.20. The second-order valence-corrected chi connectivity index (χ2v) is 4.36. The molecule has 0 amide bonds. The summed E-state index contributed by atoms with van der Waals surface area (Å²) in [6, 6.07) is 6.41. The lowest BCUT2D eigenvalue weighted by molar-refractivity contribution is 1.42. The maximum Gasteiger partial charge on any atom is 0.0465 e. The minimum atomic E-state index is 1.10. The monoisotopic (exact) mass is 249 g/mol. The van der Waals surface area contributed by atoms with Crippen LogP contribution in [0.5, 0.6) is 0 Å². The number of hydrogen-bond acceptors (Lipinski definition) is 0. The van der Waals surface area contributed by atoms with Crippen LogP contribution in [0.3, 0.4) is 0 Å². The van der Waals surface area contributed by atoms with Crippen LogP contribution in [-0.2, 0) is 0 Å². The first-order valence-corrected chi connectivity index (χ1v) is 6.45. The molecule has 0 saturated heterocycles. The largest absolute Gasteiger partial charge is 0.355 e. The van der Waals surface area contributed by atoms with E-state index in [1.165, 1.54) is 10.9 Å². The molecular formula is C18H19N. The second-order valence-electron chi connectivity index (χ2n) is 4.36. The minimum absolute atomic E-state index is 1.10. The third-order valence-electron chi connectivity index (χ3n) is 3.27. The lowest BCUT2D eigenvalue weighted by Gasteiger charge is -2.02. The summed E-state index contributed by atoms with van der Waals surface area (Å²) in [6.45, 7) is 11.8. The lowest BCUT2D eigenvalue weighted by Crippen LogP contribution is -1.80. The molecule has 1 heteroatoms. The van der Waals surface area contributed by atoms with Crippen LogP contribution in [0.4, 0.5) is 0 Å². The summed E-state index contributed by atoms with van der Waals surface area (Å²) in [7, 11) is 0. The van der Waals surface area contributed by atoms with E-state index in [1.807, 2.05) is 32.1 Å². The number of rotatable bonds is 4. The van der Waals surface area contributed by atoms with E-state index in [4.69, 9.17) is 0 Å². The number of fused-ring (bicyclic) bond motifs is 1. The van der Waals surface area contributed by atoms with Crippen LogP contribution in [0, 0.1) is 0 Å². The van der Waals surface area contributed by atoms with E-state index in [2.05, 4.69) is 48.5 Å². The van der Waals surface area contributed by atoms with Gasteiger partial charge in [0.05, 0.1) is 0 Å². The van der Waals surface area contributed by atoms with Crippen molar-refractivity contribution in [2.24, 2.45) is 0 Å². The van der Waals surface area contributed by atoms with Crippen LogP contribution in [0.15, 0.2) is 49.6 Å². The van der Waals surface area contributed by atoms with Gasteiger partial charge in [-0.1, -0.05) is 43.5 Å². The normalized spacial score (nSPS) is 12.2. The fraction of sp³-hybridized carbons (Fsp3) is 0.111. The topological polar surface area (TPSA) is 15.8 Å². The zero-order chi connectivity index (χ0) is 13.8. The molecule has 0 saturated carbocycles. The Morgan fingerprint density at radius 1 is 1.21 bits per heavy atom. The van der Waals surface area contributed by atoms with Gasteiger partial charge in [-0.2, -0.15) is 0 Å². The molecule has 1 nitrogen and oxygen atoms in total. The van der Waals surface area contributed by atoms with Crippen LogP contribution >= 0.6 is 0 Å². The molecule has 0 fully saturated rings.